The van der Waals surface area contributed by atoms with Gasteiger partial charge in [-0.1, -0.05) is 48.0 Å². The van der Waals surface area contributed by atoms with Gasteiger partial charge in [0, 0.05) is 53.4 Å². The van der Waals surface area contributed by atoms with Crippen molar-refractivity contribution in [3.05, 3.63) is 95.9 Å². The second-order valence-electron chi connectivity index (χ2n) is 10.6. The van der Waals surface area contributed by atoms with E-state index in [1.807, 2.05) is 48.7 Å². The number of anilines is 2. The lowest BCUT2D eigenvalue weighted by Crippen LogP contribution is -2.38. The van der Waals surface area contributed by atoms with Crippen LogP contribution in [0.25, 0.3) is 21.8 Å². The van der Waals surface area contributed by atoms with Crippen molar-refractivity contribution in [2.45, 2.75) is 19.3 Å². The van der Waals surface area contributed by atoms with E-state index in [1.54, 1.807) is 6.33 Å². The fourth-order valence-corrected chi connectivity index (χ4v) is 5.70. The Balaban J connectivity index is 0.950. The average Bonchev–Trinajstić information content (AvgIpc) is 3.02. The predicted octanol–water partition coefficient (Wildman–Crippen LogP) is 6.69. The summed E-state index contributed by atoms with van der Waals surface area (Å²) in [6.45, 7) is 5.62. The number of para-hydroxylation sites is 1. The van der Waals surface area contributed by atoms with E-state index >= 15 is 0 Å². The first-order valence-electron chi connectivity index (χ1n) is 14.4. The Morgan fingerprint density at radius 3 is 2.59 bits per heavy atom. The van der Waals surface area contributed by atoms with Gasteiger partial charge in [0.1, 0.15) is 17.9 Å². The van der Waals surface area contributed by atoms with Crippen LogP contribution in [0, 0.1) is 5.92 Å². The first kappa shape index (κ1) is 27.2. The molecule has 3 heterocycles. The maximum absolute atomic E-state index is 6.29. The van der Waals surface area contributed by atoms with Crippen molar-refractivity contribution < 1.29 is 4.74 Å². The van der Waals surface area contributed by atoms with Gasteiger partial charge in [0.05, 0.1) is 17.6 Å². The van der Waals surface area contributed by atoms with Crippen molar-refractivity contribution in [3.8, 4) is 5.75 Å². The molecule has 1 fully saturated rings. The maximum Gasteiger partial charge on any atom is 0.137 e. The van der Waals surface area contributed by atoms with E-state index in [1.165, 1.54) is 5.39 Å². The van der Waals surface area contributed by atoms with Gasteiger partial charge in [-0.3, -0.25) is 4.98 Å². The molecule has 0 bridgehead atoms. The molecular weight excluding hydrogens is 532 g/mol. The molecule has 0 aliphatic carbocycles. The highest BCUT2D eigenvalue weighted by molar-refractivity contribution is 6.31. The molecule has 2 aromatic heterocycles. The molecule has 2 N–H and O–H groups in total. The number of halogens is 1. The summed E-state index contributed by atoms with van der Waals surface area (Å²) in [4.78, 5) is 15.9. The standard InChI is InChI=1S/C33H35ClN6O/c34-29-7-3-1-5-25(29)11-15-37-33-28-10-9-26(21-32(28)38-23-39-33)41-22-24-13-18-40(19-14-24)20-17-36-31-12-16-35-30-8-4-2-6-27(30)31/h1-10,12,16,21,23-24H,11,13-15,17-20,22H2,(H,35,36)(H,37,38,39). The Hall–Kier alpha value is -3.94. The minimum Gasteiger partial charge on any atom is -0.493 e. The summed E-state index contributed by atoms with van der Waals surface area (Å²) in [6.07, 6.45) is 6.59. The predicted molar refractivity (Wildman–Crippen MR) is 168 cm³/mol. The molecule has 0 saturated carbocycles. The number of ether oxygens (including phenoxy) is 1. The molecule has 1 saturated heterocycles. The van der Waals surface area contributed by atoms with Crippen LogP contribution < -0.4 is 15.4 Å². The second kappa shape index (κ2) is 13.1. The molecule has 8 heteroatoms. The van der Waals surface area contributed by atoms with Gasteiger partial charge in [0.2, 0.25) is 0 Å². The number of rotatable bonds is 11. The molecule has 3 aromatic carbocycles. The lowest BCUT2D eigenvalue weighted by molar-refractivity contribution is 0.145. The molecule has 6 rings (SSSR count). The largest absolute Gasteiger partial charge is 0.493 e. The average molecular weight is 567 g/mol. The van der Waals surface area contributed by atoms with E-state index in [2.05, 4.69) is 60.8 Å². The number of nitrogens with one attached hydrogen (secondary N) is 2. The lowest BCUT2D eigenvalue weighted by Gasteiger charge is -2.32. The highest BCUT2D eigenvalue weighted by Gasteiger charge is 2.20. The molecule has 0 unspecified atom stereocenters. The summed E-state index contributed by atoms with van der Waals surface area (Å²) in [5.74, 6) is 2.24. The van der Waals surface area contributed by atoms with Gasteiger partial charge in [0.25, 0.3) is 0 Å². The summed E-state index contributed by atoms with van der Waals surface area (Å²) < 4.78 is 6.23. The summed E-state index contributed by atoms with van der Waals surface area (Å²) in [5.41, 5.74) is 4.18. The zero-order valence-corrected chi connectivity index (χ0v) is 23.9. The molecule has 7 nitrogen and oxygen atoms in total. The van der Waals surface area contributed by atoms with Crippen LogP contribution in [0.5, 0.6) is 5.75 Å². The van der Waals surface area contributed by atoms with E-state index in [-0.39, 0.29) is 0 Å². The minimum absolute atomic E-state index is 0.562. The second-order valence-corrected chi connectivity index (χ2v) is 11.0. The maximum atomic E-state index is 6.29. The SMILES string of the molecule is Clc1ccccc1CCNc1ncnc2cc(OCC3CCN(CCNc4ccnc5ccccc45)CC3)ccc12. The van der Waals surface area contributed by atoms with Gasteiger partial charge in [-0.05, 0) is 74.2 Å². The number of nitrogens with zero attached hydrogens (tertiary/aromatic N) is 4. The van der Waals surface area contributed by atoms with Crippen LogP contribution in [0.3, 0.4) is 0 Å². The molecule has 5 aromatic rings. The molecule has 41 heavy (non-hydrogen) atoms. The fraction of sp³-hybridized carbons (Fsp3) is 0.303. The molecule has 0 radical (unpaired) electrons. The summed E-state index contributed by atoms with van der Waals surface area (Å²) in [6, 6.07) is 24.3. The van der Waals surface area contributed by atoms with Crippen molar-refractivity contribution in [1.82, 2.24) is 19.9 Å². The van der Waals surface area contributed by atoms with Gasteiger partial charge in [-0.25, -0.2) is 9.97 Å². The van der Waals surface area contributed by atoms with Crippen molar-refractivity contribution in [1.29, 1.82) is 0 Å². The van der Waals surface area contributed by atoms with Gasteiger partial charge < -0.3 is 20.3 Å². The minimum atomic E-state index is 0.562. The number of hydrogen-bond acceptors (Lipinski definition) is 7. The number of likely N-dealkylation sites (tertiary alicyclic amines) is 1. The van der Waals surface area contributed by atoms with Crippen LogP contribution in [0.1, 0.15) is 18.4 Å². The molecule has 1 aliphatic rings. The zero-order valence-electron chi connectivity index (χ0n) is 23.1. The van der Waals surface area contributed by atoms with Crippen molar-refractivity contribution in [2.75, 3.05) is 50.0 Å². The molecular formula is C33H35ClN6O. The third kappa shape index (κ3) is 6.87. The van der Waals surface area contributed by atoms with E-state index < -0.39 is 0 Å². The highest BCUT2D eigenvalue weighted by atomic mass is 35.5. The third-order valence-corrected chi connectivity index (χ3v) is 8.21. The first-order valence-corrected chi connectivity index (χ1v) is 14.8. The Morgan fingerprint density at radius 1 is 0.829 bits per heavy atom. The molecule has 0 amide bonds. The smallest absolute Gasteiger partial charge is 0.137 e. The molecule has 0 spiro atoms. The van der Waals surface area contributed by atoms with Crippen LogP contribution in [0.4, 0.5) is 11.5 Å². The third-order valence-electron chi connectivity index (χ3n) is 7.84. The van der Waals surface area contributed by atoms with Crippen molar-refractivity contribution in [3.63, 3.8) is 0 Å². The summed E-state index contributed by atoms with van der Waals surface area (Å²) >= 11 is 6.29. The van der Waals surface area contributed by atoms with Crippen LogP contribution >= 0.6 is 11.6 Å². The van der Waals surface area contributed by atoms with E-state index in [0.717, 1.165) is 103 Å². The summed E-state index contributed by atoms with van der Waals surface area (Å²) in [7, 11) is 0. The number of piperidine rings is 1. The molecule has 210 valence electrons. The van der Waals surface area contributed by atoms with Crippen LogP contribution in [-0.4, -0.2) is 59.2 Å². The van der Waals surface area contributed by atoms with Gasteiger partial charge >= 0.3 is 0 Å². The van der Waals surface area contributed by atoms with E-state index in [4.69, 9.17) is 16.3 Å². The number of benzene rings is 3. The molecule has 0 atom stereocenters. The number of fused-ring (bicyclic) bond motifs is 2. The molecule has 1 aliphatic heterocycles. The Bertz CT molecular complexity index is 1600. The van der Waals surface area contributed by atoms with Gasteiger partial charge in [-0.15, -0.1) is 0 Å². The Morgan fingerprint density at radius 2 is 1.68 bits per heavy atom. The van der Waals surface area contributed by atoms with E-state index in [9.17, 15) is 0 Å². The first-order chi connectivity index (χ1) is 20.2. The normalized spacial score (nSPS) is 14.4. The van der Waals surface area contributed by atoms with Crippen molar-refractivity contribution >= 4 is 44.9 Å². The van der Waals surface area contributed by atoms with Gasteiger partial charge in [-0.2, -0.15) is 0 Å². The number of hydrogen-bond donors (Lipinski definition) is 2. The lowest BCUT2D eigenvalue weighted by atomic mass is 9.98. The van der Waals surface area contributed by atoms with Gasteiger partial charge in [0.15, 0.2) is 0 Å². The monoisotopic (exact) mass is 566 g/mol. The topological polar surface area (TPSA) is 75.2 Å². The number of aromatic nitrogens is 3. The Kier molecular flexibility index (Phi) is 8.74. The van der Waals surface area contributed by atoms with Crippen molar-refractivity contribution in [2.24, 2.45) is 5.92 Å². The van der Waals surface area contributed by atoms with Crippen LogP contribution in [0.15, 0.2) is 85.3 Å². The highest BCUT2D eigenvalue weighted by Crippen LogP contribution is 2.26. The van der Waals surface area contributed by atoms with Crippen LogP contribution in [0.2, 0.25) is 5.02 Å². The Labute approximate surface area is 245 Å². The fourth-order valence-electron chi connectivity index (χ4n) is 5.47. The zero-order chi connectivity index (χ0) is 27.9. The summed E-state index contributed by atoms with van der Waals surface area (Å²) in [5, 5.41) is 10.00. The van der Waals surface area contributed by atoms with Crippen LogP contribution in [-0.2, 0) is 6.42 Å². The van der Waals surface area contributed by atoms with E-state index in [0.29, 0.717) is 5.92 Å². The number of pyridine rings is 1. The quantitative estimate of drug-likeness (QED) is 0.184.